The van der Waals surface area contributed by atoms with Crippen molar-refractivity contribution in [3.63, 3.8) is 0 Å². The molecule has 3 rings (SSSR count). The summed E-state index contributed by atoms with van der Waals surface area (Å²) < 4.78 is 25.9. The normalized spacial score (nSPS) is 16.3. The molecule has 0 atom stereocenters. The Morgan fingerprint density at radius 2 is 1.88 bits per heavy atom. The first-order valence-electron chi connectivity index (χ1n) is 8.61. The zero-order chi connectivity index (χ0) is 18.7. The van der Waals surface area contributed by atoms with Crippen LogP contribution in [0.5, 0.6) is 0 Å². The molecule has 1 amide bonds. The Balaban J connectivity index is 1.91. The summed E-state index contributed by atoms with van der Waals surface area (Å²) in [5.41, 5.74) is 1.66. The van der Waals surface area contributed by atoms with E-state index >= 15 is 0 Å². The van der Waals surface area contributed by atoms with E-state index in [9.17, 15) is 13.2 Å². The molecule has 138 valence electrons. The van der Waals surface area contributed by atoms with Crippen LogP contribution in [-0.4, -0.2) is 33.2 Å². The second-order valence-electron chi connectivity index (χ2n) is 6.14. The SMILES string of the molecule is CCN(C(=O)c1ccc(N2CCCCS2(=O)=O)cc1Cl)c1ccccc1. The number of para-hydroxylation sites is 1. The van der Waals surface area contributed by atoms with Crippen molar-refractivity contribution in [3.05, 3.63) is 59.1 Å². The minimum Gasteiger partial charge on any atom is -0.309 e. The average molecular weight is 393 g/mol. The molecule has 5 nitrogen and oxygen atoms in total. The van der Waals surface area contributed by atoms with E-state index < -0.39 is 10.0 Å². The average Bonchev–Trinajstić information content (AvgIpc) is 2.62. The fourth-order valence-electron chi connectivity index (χ4n) is 3.11. The number of nitrogens with zero attached hydrogens (tertiary/aromatic N) is 2. The van der Waals surface area contributed by atoms with Crippen LogP contribution < -0.4 is 9.21 Å². The first kappa shape index (κ1) is 18.7. The fourth-order valence-corrected chi connectivity index (χ4v) is 5.00. The molecule has 0 bridgehead atoms. The van der Waals surface area contributed by atoms with Gasteiger partial charge in [0.25, 0.3) is 5.91 Å². The lowest BCUT2D eigenvalue weighted by atomic mass is 10.1. The molecular weight excluding hydrogens is 372 g/mol. The Labute approximate surface area is 159 Å². The highest BCUT2D eigenvalue weighted by molar-refractivity contribution is 7.92. The quantitative estimate of drug-likeness (QED) is 0.791. The highest BCUT2D eigenvalue weighted by Gasteiger charge is 2.27. The van der Waals surface area contributed by atoms with Crippen molar-refractivity contribution in [2.75, 3.05) is 28.0 Å². The van der Waals surface area contributed by atoms with E-state index in [2.05, 4.69) is 0 Å². The molecule has 1 aliphatic heterocycles. The molecule has 0 radical (unpaired) electrons. The molecule has 1 aliphatic rings. The summed E-state index contributed by atoms with van der Waals surface area (Å²) in [7, 11) is -3.31. The van der Waals surface area contributed by atoms with Gasteiger partial charge in [-0.05, 0) is 50.1 Å². The van der Waals surface area contributed by atoms with Gasteiger partial charge in [-0.15, -0.1) is 0 Å². The lowest BCUT2D eigenvalue weighted by Crippen LogP contribution is -2.38. The maximum atomic E-state index is 12.9. The third-order valence-corrected chi connectivity index (χ3v) is 6.63. The van der Waals surface area contributed by atoms with Crippen LogP contribution in [0.25, 0.3) is 0 Å². The number of carbonyl (C=O) groups is 1. The number of sulfonamides is 1. The smallest absolute Gasteiger partial charge is 0.259 e. The van der Waals surface area contributed by atoms with Crippen LogP contribution in [0.3, 0.4) is 0 Å². The molecule has 0 N–H and O–H groups in total. The summed E-state index contributed by atoms with van der Waals surface area (Å²) in [5.74, 6) is -0.0696. The minimum atomic E-state index is -3.31. The molecule has 1 heterocycles. The second kappa shape index (κ2) is 7.68. The fraction of sp³-hybridized carbons (Fsp3) is 0.316. The number of benzene rings is 2. The summed E-state index contributed by atoms with van der Waals surface area (Å²) in [6.07, 6.45) is 1.49. The van der Waals surface area contributed by atoms with E-state index in [4.69, 9.17) is 11.6 Å². The van der Waals surface area contributed by atoms with Crippen molar-refractivity contribution in [1.82, 2.24) is 0 Å². The highest BCUT2D eigenvalue weighted by Crippen LogP contribution is 2.29. The first-order valence-corrected chi connectivity index (χ1v) is 10.6. The maximum absolute atomic E-state index is 12.9. The monoisotopic (exact) mass is 392 g/mol. The second-order valence-corrected chi connectivity index (χ2v) is 8.56. The molecule has 1 fully saturated rings. The van der Waals surface area contributed by atoms with E-state index in [0.717, 1.165) is 12.1 Å². The minimum absolute atomic E-state index is 0.142. The topological polar surface area (TPSA) is 57.7 Å². The Bertz CT molecular complexity index is 900. The van der Waals surface area contributed by atoms with Crippen molar-refractivity contribution in [2.45, 2.75) is 19.8 Å². The molecule has 0 unspecified atom stereocenters. The van der Waals surface area contributed by atoms with Crippen LogP contribution >= 0.6 is 11.6 Å². The molecule has 1 saturated heterocycles. The van der Waals surface area contributed by atoms with Crippen LogP contribution in [0, 0.1) is 0 Å². The number of hydrogen-bond donors (Lipinski definition) is 0. The van der Waals surface area contributed by atoms with Crippen LogP contribution in [0.15, 0.2) is 48.5 Å². The van der Waals surface area contributed by atoms with E-state index in [1.807, 2.05) is 37.3 Å². The number of halogens is 1. The van der Waals surface area contributed by atoms with Gasteiger partial charge in [0.05, 0.1) is 22.0 Å². The van der Waals surface area contributed by atoms with E-state index in [1.165, 1.54) is 4.31 Å². The van der Waals surface area contributed by atoms with E-state index in [-0.39, 0.29) is 16.7 Å². The number of rotatable bonds is 4. The van der Waals surface area contributed by atoms with E-state index in [0.29, 0.717) is 30.8 Å². The molecule has 2 aromatic carbocycles. The van der Waals surface area contributed by atoms with Crippen molar-refractivity contribution in [3.8, 4) is 0 Å². The molecule has 0 saturated carbocycles. The van der Waals surface area contributed by atoms with Crippen LogP contribution in [0.4, 0.5) is 11.4 Å². The number of hydrogen-bond acceptors (Lipinski definition) is 3. The Kier molecular flexibility index (Phi) is 5.53. The third-order valence-electron chi connectivity index (χ3n) is 4.45. The predicted octanol–water partition coefficient (Wildman–Crippen LogP) is 3.94. The molecule has 0 aliphatic carbocycles. The van der Waals surface area contributed by atoms with Crippen molar-refractivity contribution >= 4 is 38.9 Å². The van der Waals surface area contributed by atoms with Crippen molar-refractivity contribution in [1.29, 1.82) is 0 Å². The largest absolute Gasteiger partial charge is 0.309 e. The predicted molar refractivity (Wildman–Crippen MR) is 106 cm³/mol. The van der Waals surface area contributed by atoms with Gasteiger partial charge in [0.1, 0.15) is 0 Å². The van der Waals surface area contributed by atoms with Crippen LogP contribution in [0.1, 0.15) is 30.1 Å². The number of amides is 1. The highest BCUT2D eigenvalue weighted by atomic mass is 35.5. The van der Waals surface area contributed by atoms with Gasteiger partial charge in [0.2, 0.25) is 10.0 Å². The molecule has 2 aromatic rings. The lowest BCUT2D eigenvalue weighted by molar-refractivity contribution is 0.0988. The van der Waals surface area contributed by atoms with Gasteiger partial charge in [0.15, 0.2) is 0 Å². The van der Waals surface area contributed by atoms with Gasteiger partial charge in [-0.2, -0.15) is 0 Å². The molecule has 0 aromatic heterocycles. The first-order chi connectivity index (χ1) is 12.4. The van der Waals surface area contributed by atoms with Crippen LogP contribution in [0.2, 0.25) is 5.02 Å². The van der Waals surface area contributed by atoms with Crippen molar-refractivity contribution < 1.29 is 13.2 Å². The number of anilines is 2. The summed E-state index contributed by atoms with van der Waals surface area (Å²) in [5, 5.41) is 0.252. The van der Waals surface area contributed by atoms with Gasteiger partial charge >= 0.3 is 0 Å². The van der Waals surface area contributed by atoms with Gasteiger partial charge in [-0.25, -0.2) is 8.42 Å². The van der Waals surface area contributed by atoms with Crippen LogP contribution in [-0.2, 0) is 10.0 Å². The molecule has 0 spiro atoms. The lowest BCUT2D eigenvalue weighted by Gasteiger charge is -2.29. The standard InChI is InChI=1S/C19H21ClN2O3S/c1-2-21(15-8-4-3-5-9-15)19(23)17-11-10-16(14-18(17)20)22-12-6-7-13-26(22,24)25/h3-5,8-11,14H,2,6-7,12-13H2,1H3. The van der Waals surface area contributed by atoms with Crippen molar-refractivity contribution in [2.24, 2.45) is 0 Å². The van der Waals surface area contributed by atoms with E-state index in [1.54, 1.807) is 23.1 Å². The number of carbonyl (C=O) groups excluding carboxylic acids is 1. The zero-order valence-electron chi connectivity index (χ0n) is 14.6. The molecular formula is C19H21ClN2O3S. The Hall–Kier alpha value is -2.05. The summed E-state index contributed by atoms with van der Waals surface area (Å²) in [6.45, 7) is 2.84. The zero-order valence-corrected chi connectivity index (χ0v) is 16.1. The molecule has 7 heteroatoms. The maximum Gasteiger partial charge on any atom is 0.259 e. The van der Waals surface area contributed by atoms with Gasteiger partial charge < -0.3 is 4.90 Å². The summed E-state index contributed by atoms with van der Waals surface area (Å²) in [6, 6.07) is 14.2. The Morgan fingerprint density at radius 1 is 1.15 bits per heavy atom. The van der Waals surface area contributed by atoms with Gasteiger partial charge in [0, 0.05) is 18.8 Å². The Morgan fingerprint density at radius 3 is 2.50 bits per heavy atom. The summed E-state index contributed by atoms with van der Waals surface area (Å²) in [4.78, 5) is 14.6. The summed E-state index contributed by atoms with van der Waals surface area (Å²) >= 11 is 6.36. The van der Waals surface area contributed by atoms with Gasteiger partial charge in [-0.1, -0.05) is 29.8 Å². The third kappa shape index (κ3) is 3.71. The molecule has 26 heavy (non-hydrogen) atoms. The van der Waals surface area contributed by atoms with Gasteiger partial charge in [-0.3, -0.25) is 9.10 Å².